The Morgan fingerprint density at radius 1 is 1.15 bits per heavy atom. The Balaban J connectivity index is 0.00000243. The molecule has 1 aliphatic heterocycles. The van der Waals surface area contributed by atoms with Gasteiger partial charge in [0.2, 0.25) is 0 Å². The maximum absolute atomic E-state index is 6.00. The molecule has 1 fully saturated rings. The molecule has 0 aliphatic carbocycles. The number of pyridine rings is 1. The topological polar surface area (TPSA) is 69.8 Å². The molecule has 140 valence electrons. The number of anilines is 2. The molecule has 2 aromatic rings. The van der Waals surface area contributed by atoms with Crippen LogP contribution in [-0.2, 0) is 6.54 Å². The van der Waals surface area contributed by atoms with Gasteiger partial charge in [0.15, 0.2) is 5.96 Å². The number of nitrogens with one attached hydrogen (secondary N) is 1. The number of halogens is 1. The van der Waals surface area contributed by atoms with E-state index in [1.54, 1.807) is 0 Å². The van der Waals surface area contributed by atoms with E-state index in [0.717, 1.165) is 43.2 Å². The maximum Gasteiger partial charge on any atom is 0.193 e. The summed E-state index contributed by atoms with van der Waals surface area (Å²) < 4.78 is 0. The number of aryl methyl sites for hydroxylation is 1. The predicted octanol–water partition coefficient (Wildman–Crippen LogP) is 2.69. The molecule has 0 spiro atoms. The second kappa shape index (κ2) is 9.72. The van der Waals surface area contributed by atoms with Crippen molar-refractivity contribution in [1.82, 2.24) is 9.88 Å². The van der Waals surface area contributed by atoms with Gasteiger partial charge in [0.05, 0.1) is 6.54 Å². The Bertz CT molecular complexity index is 723. The minimum Gasteiger partial charge on any atom is -0.370 e. The fourth-order valence-electron chi connectivity index (χ4n) is 2.77. The molecule has 1 aromatic heterocycles. The summed E-state index contributed by atoms with van der Waals surface area (Å²) in [5.74, 6) is 1.44. The van der Waals surface area contributed by atoms with Crippen LogP contribution in [0.2, 0.25) is 0 Å². The first kappa shape index (κ1) is 20.4. The number of aromatic nitrogens is 1. The summed E-state index contributed by atoms with van der Waals surface area (Å²) in [6.45, 7) is 6.74. The molecule has 1 aromatic carbocycles. The van der Waals surface area contributed by atoms with Crippen LogP contribution >= 0.6 is 24.0 Å². The Morgan fingerprint density at radius 2 is 1.85 bits per heavy atom. The normalized spacial score (nSPS) is 15.5. The zero-order valence-corrected chi connectivity index (χ0v) is 17.7. The van der Waals surface area contributed by atoms with Gasteiger partial charge in [0, 0.05) is 38.1 Å². The average Bonchev–Trinajstić information content (AvgIpc) is 2.63. The van der Waals surface area contributed by atoms with Gasteiger partial charge in [-0.3, -0.25) is 0 Å². The molecular weight excluding hydrogens is 439 g/mol. The van der Waals surface area contributed by atoms with E-state index in [0.29, 0.717) is 12.5 Å². The number of likely N-dealkylation sites (N-methyl/N-ethyl adjacent to an activating group) is 1. The van der Waals surface area contributed by atoms with Gasteiger partial charge in [-0.25, -0.2) is 9.98 Å². The smallest absolute Gasteiger partial charge is 0.193 e. The van der Waals surface area contributed by atoms with Gasteiger partial charge >= 0.3 is 0 Å². The summed E-state index contributed by atoms with van der Waals surface area (Å²) in [5.41, 5.74) is 9.27. The number of aliphatic imine (C=N–C) groups is 1. The Kier molecular flexibility index (Phi) is 7.65. The maximum atomic E-state index is 6.00. The number of nitrogens with two attached hydrogens (primary N) is 1. The summed E-state index contributed by atoms with van der Waals surface area (Å²) in [4.78, 5) is 13.6. The first-order valence-corrected chi connectivity index (χ1v) is 8.62. The minimum absolute atomic E-state index is 0. The monoisotopic (exact) mass is 466 g/mol. The molecule has 0 amide bonds. The first-order chi connectivity index (χ1) is 12.1. The molecule has 1 saturated heterocycles. The SMILES string of the molecule is Cc1ccc(NC(N)=NCc2ccnc(N3CCN(C)CC3)c2)cc1.I. The van der Waals surface area contributed by atoms with Crippen molar-refractivity contribution in [2.24, 2.45) is 10.7 Å². The van der Waals surface area contributed by atoms with Gasteiger partial charge in [-0.15, -0.1) is 24.0 Å². The van der Waals surface area contributed by atoms with Crippen LogP contribution in [0.3, 0.4) is 0 Å². The molecule has 7 heteroatoms. The lowest BCUT2D eigenvalue weighted by Crippen LogP contribution is -2.44. The quantitative estimate of drug-likeness (QED) is 0.412. The van der Waals surface area contributed by atoms with Crippen molar-refractivity contribution in [2.45, 2.75) is 13.5 Å². The number of piperazine rings is 1. The highest BCUT2D eigenvalue weighted by Crippen LogP contribution is 2.15. The Morgan fingerprint density at radius 3 is 2.54 bits per heavy atom. The predicted molar refractivity (Wildman–Crippen MR) is 119 cm³/mol. The van der Waals surface area contributed by atoms with Crippen LogP contribution in [-0.4, -0.2) is 49.1 Å². The van der Waals surface area contributed by atoms with Gasteiger partial charge in [-0.2, -0.15) is 0 Å². The van der Waals surface area contributed by atoms with E-state index in [1.165, 1.54) is 5.56 Å². The molecule has 0 radical (unpaired) electrons. The van der Waals surface area contributed by atoms with E-state index in [1.807, 2.05) is 36.5 Å². The van der Waals surface area contributed by atoms with Gasteiger partial charge in [-0.1, -0.05) is 17.7 Å². The van der Waals surface area contributed by atoms with Crippen molar-refractivity contribution in [3.63, 3.8) is 0 Å². The van der Waals surface area contributed by atoms with E-state index in [4.69, 9.17) is 5.73 Å². The third kappa shape index (κ3) is 5.84. The van der Waals surface area contributed by atoms with Crippen molar-refractivity contribution < 1.29 is 0 Å². The number of benzene rings is 1. The van der Waals surface area contributed by atoms with E-state index in [2.05, 4.69) is 45.1 Å². The molecule has 0 unspecified atom stereocenters. The fourth-order valence-corrected chi connectivity index (χ4v) is 2.77. The fraction of sp³-hybridized carbons (Fsp3) is 0.368. The van der Waals surface area contributed by atoms with Crippen LogP contribution in [0.4, 0.5) is 11.5 Å². The summed E-state index contributed by atoms with van der Waals surface area (Å²) in [6, 6.07) is 12.2. The van der Waals surface area contributed by atoms with Gasteiger partial charge in [-0.05, 0) is 43.8 Å². The summed E-state index contributed by atoms with van der Waals surface area (Å²) in [7, 11) is 2.15. The molecule has 6 nitrogen and oxygen atoms in total. The molecule has 0 atom stereocenters. The van der Waals surface area contributed by atoms with Crippen molar-refractivity contribution in [1.29, 1.82) is 0 Å². The molecule has 26 heavy (non-hydrogen) atoms. The van der Waals surface area contributed by atoms with Gasteiger partial charge in [0.1, 0.15) is 5.82 Å². The number of hydrogen-bond donors (Lipinski definition) is 2. The number of guanidine groups is 1. The van der Waals surface area contributed by atoms with E-state index in [9.17, 15) is 0 Å². The summed E-state index contributed by atoms with van der Waals surface area (Å²) in [6.07, 6.45) is 1.85. The van der Waals surface area contributed by atoms with Gasteiger partial charge in [0.25, 0.3) is 0 Å². The average molecular weight is 466 g/mol. The highest BCUT2D eigenvalue weighted by Gasteiger charge is 2.15. The van der Waals surface area contributed by atoms with Gasteiger partial charge < -0.3 is 20.9 Å². The zero-order valence-electron chi connectivity index (χ0n) is 15.4. The number of rotatable bonds is 4. The second-order valence-corrected chi connectivity index (χ2v) is 6.51. The van der Waals surface area contributed by atoms with Crippen LogP contribution in [0, 0.1) is 6.92 Å². The summed E-state index contributed by atoms with van der Waals surface area (Å²) in [5, 5.41) is 3.12. The van der Waals surface area contributed by atoms with Crippen molar-refractivity contribution in [3.8, 4) is 0 Å². The molecule has 3 rings (SSSR count). The van der Waals surface area contributed by atoms with E-state index >= 15 is 0 Å². The molecule has 1 aliphatic rings. The largest absolute Gasteiger partial charge is 0.370 e. The van der Waals surface area contributed by atoms with E-state index < -0.39 is 0 Å². The highest BCUT2D eigenvalue weighted by molar-refractivity contribution is 14.0. The Hall–Kier alpha value is -1.87. The molecular formula is C19H27IN6. The van der Waals surface area contributed by atoms with Crippen molar-refractivity contribution in [2.75, 3.05) is 43.4 Å². The molecule has 3 N–H and O–H groups in total. The van der Waals surface area contributed by atoms with Crippen LogP contribution in [0.25, 0.3) is 0 Å². The first-order valence-electron chi connectivity index (χ1n) is 8.62. The number of hydrogen-bond acceptors (Lipinski definition) is 4. The van der Waals surface area contributed by atoms with Crippen LogP contribution in [0.5, 0.6) is 0 Å². The highest BCUT2D eigenvalue weighted by atomic mass is 127. The molecule has 0 bridgehead atoms. The lowest BCUT2D eigenvalue weighted by molar-refractivity contribution is 0.312. The van der Waals surface area contributed by atoms with E-state index in [-0.39, 0.29) is 24.0 Å². The lowest BCUT2D eigenvalue weighted by atomic mass is 10.2. The Labute approximate surface area is 172 Å². The van der Waals surface area contributed by atoms with Crippen LogP contribution in [0.1, 0.15) is 11.1 Å². The number of nitrogens with zero attached hydrogens (tertiary/aromatic N) is 4. The third-order valence-electron chi connectivity index (χ3n) is 4.39. The minimum atomic E-state index is 0. The van der Waals surface area contributed by atoms with Crippen molar-refractivity contribution >= 4 is 41.4 Å². The third-order valence-corrected chi connectivity index (χ3v) is 4.39. The molecule has 0 saturated carbocycles. The van der Waals surface area contributed by atoms with Crippen molar-refractivity contribution in [3.05, 3.63) is 53.7 Å². The second-order valence-electron chi connectivity index (χ2n) is 6.51. The van der Waals surface area contributed by atoms with Crippen LogP contribution in [0.15, 0.2) is 47.6 Å². The standard InChI is InChI=1S/C19H26N6.HI/c1-15-3-5-17(6-4-15)23-19(20)22-14-16-7-8-21-18(13-16)25-11-9-24(2)10-12-25;/h3-8,13H,9-12,14H2,1-2H3,(H3,20,22,23);1H. The lowest BCUT2D eigenvalue weighted by Gasteiger charge is -2.33. The summed E-state index contributed by atoms with van der Waals surface area (Å²) >= 11 is 0. The molecule has 2 heterocycles. The zero-order chi connectivity index (χ0) is 17.6. The van der Waals surface area contributed by atoms with Crippen LogP contribution < -0.4 is 16.0 Å².